The minimum absolute atomic E-state index is 0.795. The first-order chi connectivity index (χ1) is 6.41. The van der Waals surface area contributed by atoms with Crippen molar-refractivity contribution in [3.63, 3.8) is 0 Å². The van der Waals surface area contributed by atoms with E-state index in [4.69, 9.17) is 23.2 Å². The lowest BCUT2D eigenvalue weighted by molar-refractivity contribution is 0.729. The second-order valence-electron chi connectivity index (χ2n) is 3.19. The van der Waals surface area contributed by atoms with Crippen LogP contribution in [-0.2, 0) is 0 Å². The van der Waals surface area contributed by atoms with E-state index < -0.39 is 0 Å². The molecule has 0 nitrogen and oxygen atoms in total. The molecule has 0 heterocycles. The van der Waals surface area contributed by atoms with Crippen molar-refractivity contribution in [2.45, 2.75) is 44.9 Å². The molecule has 0 aliphatic heterocycles. The highest BCUT2D eigenvalue weighted by molar-refractivity contribution is 6.18. The Kier molecular flexibility index (Phi) is 12.6. The van der Waals surface area contributed by atoms with Crippen LogP contribution in [0.4, 0.5) is 0 Å². The number of allylic oxidation sites excluding steroid dienone is 2. The van der Waals surface area contributed by atoms with Gasteiger partial charge in [0, 0.05) is 11.8 Å². The Hall–Kier alpha value is 0.320. The number of unbranched alkanes of at least 4 members (excludes halogenated alkanes) is 5. The van der Waals surface area contributed by atoms with Crippen molar-refractivity contribution in [3.8, 4) is 0 Å². The Morgan fingerprint density at radius 2 is 1.08 bits per heavy atom. The molecule has 0 fully saturated rings. The Morgan fingerprint density at radius 1 is 0.615 bits per heavy atom. The Morgan fingerprint density at radius 3 is 1.62 bits per heavy atom. The first kappa shape index (κ1) is 13.3. The largest absolute Gasteiger partial charge is 0.127 e. The highest BCUT2D eigenvalue weighted by atomic mass is 35.5. The maximum Gasteiger partial charge on any atom is 0.0223 e. The lowest BCUT2D eigenvalue weighted by Crippen LogP contribution is -1.77. The topological polar surface area (TPSA) is 0 Å². The van der Waals surface area contributed by atoms with Gasteiger partial charge in [0.25, 0.3) is 0 Å². The molecule has 0 amide bonds. The van der Waals surface area contributed by atoms with Crippen LogP contribution < -0.4 is 0 Å². The fraction of sp³-hybridized carbons (Fsp3) is 0.818. The zero-order chi connectivity index (χ0) is 9.78. The second kappa shape index (κ2) is 12.3. The van der Waals surface area contributed by atoms with Crippen LogP contribution in [0, 0.1) is 0 Å². The molecule has 0 saturated carbocycles. The van der Waals surface area contributed by atoms with Crippen LogP contribution in [-0.4, -0.2) is 11.8 Å². The summed E-state index contributed by atoms with van der Waals surface area (Å²) in [6, 6.07) is 0. The van der Waals surface area contributed by atoms with Gasteiger partial charge in [-0.2, -0.15) is 0 Å². The summed E-state index contributed by atoms with van der Waals surface area (Å²) in [6.45, 7) is 0. The number of halogens is 2. The van der Waals surface area contributed by atoms with Crippen LogP contribution in [0.2, 0.25) is 0 Å². The third-order valence-corrected chi connectivity index (χ3v) is 2.46. The van der Waals surface area contributed by atoms with Gasteiger partial charge in [-0.15, -0.1) is 23.2 Å². The van der Waals surface area contributed by atoms with Crippen molar-refractivity contribution < 1.29 is 0 Å². The highest BCUT2D eigenvalue weighted by Gasteiger charge is 1.85. The minimum Gasteiger partial charge on any atom is -0.127 e. The molecule has 0 N–H and O–H groups in total. The molecular weight excluding hydrogens is 203 g/mol. The smallest absolute Gasteiger partial charge is 0.0223 e. The first-order valence-corrected chi connectivity index (χ1v) is 6.25. The van der Waals surface area contributed by atoms with Gasteiger partial charge in [-0.3, -0.25) is 0 Å². The Labute approximate surface area is 92.3 Å². The zero-order valence-corrected chi connectivity index (χ0v) is 9.79. The number of alkyl halides is 2. The SMILES string of the molecule is ClCCCCC=CCCCCCCl. The lowest BCUT2D eigenvalue weighted by atomic mass is 10.2. The van der Waals surface area contributed by atoms with E-state index in [0.29, 0.717) is 0 Å². The standard InChI is InChI=1S/C11H20Cl2/c12-10-8-6-4-2-1-3-5-7-9-11-13/h1-2H,3-11H2. The molecular formula is C11H20Cl2. The Bertz CT molecular complexity index is 111. The van der Waals surface area contributed by atoms with E-state index >= 15 is 0 Å². The summed E-state index contributed by atoms with van der Waals surface area (Å²) in [5.41, 5.74) is 0. The molecule has 0 atom stereocenters. The van der Waals surface area contributed by atoms with Crippen molar-refractivity contribution in [1.82, 2.24) is 0 Å². The summed E-state index contributed by atoms with van der Waals surface area (Å²) in [5.74, 6) is 1.60. The van der Waals surface area contributed by atoms with E-state index in [-0.39, 0.29) is 0 Å². The van der Waals surface area contributed by atoms with E-state index in [2.05, 4.69) is 12.2 Å². The van der Waals surface area contributed by atoms with Crippen molar-refractivity contribution in [2.24, 2.45) is 0 Å². The summed E-state index contributed by atoms with van der Waals surface area (Å²) in [4.78, 5) is 0. The molecule has 0 aliphatic rings. The van der Waals surface area contributed by atoms with Crippen molar-refractivity contribution >= 4 is 23.2 Å². The van der Waals surface area contributed by atoms with Crippen LogP contribution in [0.5, 0.6) is 0 Å². The third-order valence-electron chi connectivity index (χ3n) is 1.93. The quantitative estimate of drug-likeness (QED) is 0.300. The van der Waals surface area contributed by atoms with Gasteiger partial charge in [0.2, 0.25) is 0 Å². The zero-order valence-electron chi connectivity index (χ0n) is 8.27. The Balaban J connectivity index is 2.95. The molecule has 0 radical (unpaired) electrons. The number of rotatable bonds is 9. The van der Waals surface area contributed by atoms with Crippen molar-refractivity contribution in [3.05, 3.63) is 12.2 Å². The maximum absolute atomic E-state index is 5.57. The van der Waals surface area contributed by atoms with Crippen LogP contribution >= 0.6 is 23.2 Å². The van der Waals surface area contributed by atoms with Crippen LogP contribution in [0.15, 0.2) is 12.2 Å². The van der Waals surface area contributed by atoms with E-state index in [1.165, 1.54) is 32.1 Å². The average Bonchev–Trinajstić information content (AvgIpc) is 2.16. The predicted molar refractivity (Wildman–Crippen MR) is 62.9 cm³/mol. The normalized spacial score (nSPS) is 11.2. The molecule has 0 aromatic rings. The molecule has 0 unspecified atom stereocenters. The average molecular weight is 223 g/mol. The monoisotopic (exact) mass is 222 g/mol. The molecule has 0 bridgehead atoms. The van der Waals surface area contributed by atoms with Gasteiger partial charge in [-0.25, -0.2) is 0 Å². The minimum atomic E-state index is 0.795. The van der Waals surface area contributed by atoms with Gasteiger partial charge >= 0.3 is 0 Å². The summed E-state index contributed by atoms with van der Waals surface area (Å²) < 4.78 is 0. The van der Waals surface area contributed by atoms with E-state index in [9.17, 15) is 0 Å². The van der Waals surface area contributed by atoms with Gasteiger partial charge < -0.3 is 0 Å². The van der Waals surface area contributed by atoms with Gasteiger partial charge in [0.15, 0.2) is 0 Å². The molecule has 0 saturated heterocycles. The summed E-state index contributed by atoms with van der Waals surface area (Å²) in [5, 5.41) is 0. The lowest BCUT2D eigenvalue weighted by Gasteiger charge is -1.94. The van der Waals surface area contributed by atoms with E-state index in [1.807, 2.05) is 0 Å². The van der Waals surface area contributed by atoms with Crippen molar-refractivity contribution in [1.29, 1.82) is 0 Å². The van der Waals surface area contributed by atoms with Gasteiger partial charge in [-0.05, 0) is 38.5 Å². The van der Waals surface area contributed by atoms with Gasteiger partial charge in [-0.1, -0.05) is 18.6 Å². The molecule has 0 aliphatic carbocycles. The van der Waals surface area contributed by atoms with E-state index in [0.717, 1.165) is 24.6 Å². The fourth-order valence-corrected chi connectivity index (χ4v) is 1.50. The summed E-state index contributed by atoms with van der Waals surface area (Å²) >= 11 is 11.1. The molecule has 0 aromatic carbocycles. The second-order valence-corrected chi connectivity index (χ2v) is 3.95. The summed E-state index contributed by atoms with van der Waals surface area (Å²) in [7, 11) is 0. The summed E-state index contributed by atoms with van der Waals surface area (Å²) in [6.07, 6.45) is 13.0. The van der Waals surface area contributed by atoms with Gasteiger partial charge in [0.05, 0.1) is 0 Å². The molecule has 0 rings (SSSR count). The first-order valence-electron chi connectivity index (χ1n) is 5.18. The fourth-order valence-electron chi connectivity index (χ4n) is 1.13. The number of hydrogen-bond acceptors (Lipinski definition) is 0. The van der Waals surface area contributed by atoms with Crippen LogP contribution in [0.25, 0.3) is 0 Å². The van der Waals surface area contributed by atoms with E-state index in [1.54, 1.807) is 0 Å². The number of hydrogen-bond donors (Lipinski definition) is 0. The van der Waals surface area contributed by atoms with Crippen LogP contribution in [0.1, 0.15) is 44.9 Å². The molecule has 13 heavy (non-hydrogen) atoms. The van der Waals surface area contributed by atoms with Crippen molar-refractivity contribution in [2.75, 3.05) is 11.8 Å². The third kappa shape index (κ3) is 12.3. The molecule has 2 heteroatoms. The molecule has 0 spiro atoms. The molecule has 78 valence electrons. The highest BCUT2D eigenvalue weighted by Crippen LogP contribution is 2.03. The predicted octanol–water partition coefficient (Wildman–Crippen LogP) is 4.75. The van der Waals surface area contributed by atoms with Crippen LogP contribution in [0.3, 0.4) is 0 Å². The molecule has 0 aromatic heterocycles. The maximum atomic E-state index is 5.57. The van der Waals surface area contributed by atoms with Gasteiger partial charge in [0.1, 0.15) is 0 Å².